The molecule has 8 heavy (non-hydrogen) atoms. The summed E-state index contributed by atoms with van der Waals surface area (Å²) in [5.74, 6) is 0.780. The molecular weight excluding hydrogens is 166 g/mol. The highest BCUT2D eigenvalue weighted by Gasteiger charge is 2.15. The molecule has 0 aliphatic carbocycles. The van der Waals surface area contributed by atoms with Crippen molar-refractivity contribution < 1.29 is 0 Å². The minimum atomic E-state index is 0.780. The van der Waals surface area contributed by atoms with Gasteiger partial charge in [0.25, 0.3) is 6.21 Å². The maximum absolute atomic E-state index is 4.09. The van der Waals surface area contributed by atoms with Gasteiger partial charge in [0.15, 0.2) is 0 Å². The SMILES string of the molecule is CC1CC=[N+]=C(Br)C1. The molecule has 0 aromatic heterocycles. The van der Waals surface area contributed by atoms with Gasteiger partial charge in [-0.15, -0.1) is 0 Å². The monoisotopic (exact) mass is 174 g/mol. The van der Waals surface area contributed by atoms with Crippen molar-refractivity contribution in [3.63, 3.8) is 0 Å². The zero-order valence-corrected chi connectivity index (χ0v) is 6.48. The van der Waals surface area contributed by atoms with Gasteiger partial charge in [0.1, 0.15) is 0 Å². The Labute approximate surface area is 57.7 Å². The van der Waals surface area contributed by atoms with Gasteiger partial charge in [-0.25, -0.2) is 0 Å². The molecule has 0 aromatic rings. The molecule has 1 heterocycles. The number of nitrogens with zero attached hydrogens (tertiary/aromatic N) is 1. The molecule has 0 amide bonds. The second kappa shape index (κ2) is 2.47. The van der Waals surface area contributed by atoms with Crippen LogP contribution in [0, 0.1) is 5.92 Å². The van der Waals surface area contributed by atoms with Crippen LogP contribution in [0.1, 0.15) is 19.8 Å². The predicted molar refractivity (Wildman–Crippen MR) is 40.5 cm³/mol. The Balaban J connectivity index is 2.63. The molecule has 1 aliphatic heterocycles. The first-order valence-corrected chi connectivity index (χ1v) is 3.62. The highest BCUT2D eigenvalue weighted by Crippen LogP contribution is 2.10. The van der Waals surface area contributed by atoms with E-state index in [4.69, 9.17) is 0 Å². The third-order valence-electron chi connectivity index (χ3n) is 1.26. The van der Waals surface area contributed by atoms with Crippen LogP contribution in [0.2, 0.25) is 0 Å². The van der Waals surface area contributed by atoms with Crippen molar-refractivity contribution in [2.24, 2.45) is 5.92 Å². The number of rotatable bonds is 0. The summed E-state index contributed by atoms with van der Waals surface area (Å²) in [5, 5.41) is 0. The summed E-state index contributed by atoms with van der Waals surface area (Å²) in [7, 11) is 0. The predicted octanol–water partition coefficient (Wildman–Crippen LogP) is 1.35. The van der Waals surface area contributed by atoms with Gasteiger partial charge in [-0.2, -0.15) is 0 Å². The molecule has 0 saturated heterocycles. The van der Waals surface area contributed by atoms with E-state index in [0.29, 0.717) is 0 Å². The summed E-state index contributed by atoms with van der Waals surface area (Å²) in [5.41, 5.74) is 0. The van der Waals surface area contributed by atoms with Crippen molar-refractivity contribution in [3.05, 3.63) is 0 Å². The maximum atomic E-state index is 4.09. The van der Waals surface area contributed by atoms with E-state index in [2.05, 4.69) is 27.5 Å². The van der Waals surface area contributed by atoms with E-state index in [9.17, 15) is 0 Å². The quantitative estimate of drug-likeness (QED) is 0.493. The van der Waals surface area contributed by atoms with Crippen LogP contribution in [0.4, 0.5) is 0 Å². The Kier molecular flexibility index (Phi) is 1.87. The highest BCUT2D eigenvalue weighted by molar-refractivity contribution is 9.18. The van der Waals surface area contributed by atoms with Gasteiger partial charge >= 0.3 is 4.62 Å². The molecule has 1 nitrogen and oxygen atoms in total. The molecule has 1 rings (SSSR count). The fourth-order valence-electron chi connectivity index (χ4n) is 0.755. The molecule has 0 fully saturated rings. The first-order valence-electron chi connectivity index (χ1n) is 2.83. The van der Waals surface area contributed by atoms with Crippen LogP contribution in [0.5, 0.6) is 0 Å². The lowest BCUT2D eigenvalue weighted by Crippen LogP contribution is -2.09. The second-order valence-electron chi connectivity index (χ2n) is 2.23. The normalized spacial score (nSPS) is 27.8. The van der Waals surface area contributed by atoms with E-state index in [1.54, 1.807) is 0 Å². The summed E-state index contributed by atoms with van der Waals surface area (Å²) < 4.78 is 5.18. The first-order chi connectivity index (χ1) is 3.79. The summed E-state index contributed by atoms with van der Waals surface area (Å²) in [6, 6.07) is 0. The minimum Gasteiger partial charge on any atom is -0.0945 e. The second-order valence-corrected chi connectivity index (χ2v) is 3.15. The van der Waals surface area contributed by atoms with E-state index < -0.39 is 0 Å². The molecule has 0 bridgehead atoms. The van der Waals surface area contributed by atoms with Gasteiger partial charge < -0.3 is 0 Å². The maximum Gasteiger partial charge on any atom is 0.344 e. The minimum absolute atomic E-state index is 0.780. The zero-order valence-electron chi connectivity index (χ0n) is 4.89. The molecule has 1 atom stereocenters. The van der Waals surface area contributed by atoms with Gasteiger partial charge in [0.05, 0.1) is 6.42 Å². The third-order valence-corrected chi connectivity index (χ3v) is 1.78. The molecule has 0 aromatic carbocycles. The summed E-state index contributed by atoms with van der Waals surface area (Å²) in [4.78, 5) is 0. The van der Waals surface area contributed by atoms with E-state index in [1.807, 2.05) is 6.21 Å². The molecule has 1 unspecified atom stereocenters. The Morgan fingerprint density at radius 3 is 3.00 bits per heavy atom. The molecule has 0 saturated carbocycles. The third kappa shape index (κ3) is 1.46. The number of halogens is 1. The smallest absolute Gasteiger partial charge is 0.0945 e. The van der Waals surface area contributed by atoms with Crippen molar-refractivity contribution in [2.75, 3.05) is 0 Å². The largest absolute Gasteiger partial charge is 0.344 e. The summed E-state index contributed by atoms with van der Waals surface area (Å²) in [6.07, 6.45) is 4.21. The molecule has 44 valence electrons. The van der Waals surface area contributed by atoms with Gasteiger partial charge in [0, 0.05) is 22.4 Å². The van der Waals surface area contributed by atoms with E-state index in [1.165, 1.54) is 0 Å². The average Bonchev–Trinajstić information content (AvgIpc) is 1.64. The van der Waals surface area contributed by atoms with Crippen molar-refractivity contribution in [1.82, 2.24) is 4.67 Å². The number of hydrogen-bond acceptors (Lipinski definition) is 0. The van der Waals surface area contributed by atoms with Crippen LogP contribution in [0.3, 0.4) is 0 Å². The van der Waals surface area contributed by atoms with Crippen LogP contribution in [-0.2, 0) is 0 Å². The lowest BCUT2D eigenvalue weighted by Gasteiger charge is -1.99. The Bertz CT molecular complexity index is 145. The Morgan fingerprint density at radius 1 is 1.88 bits per heavy atom. The Hall–Kier alpha value is -0.0700. The van der Waals surface area contributed by atoms with Gasteiger partial charge in [-0.05, 0) is 5.92 Å². The van der Waals surface area contributed by atoms with Crippen LogP contribution < -0.4 is 4.67 Å². The molecule has 0 radical (unpaired) electrons. The van der Waals surface area contributed by atoms with Crippen molar-refractivity contribution >= 4 is 26.8 Å². The summed E-state index contributed by atoms with van der Waals surface area (Å²) >= 11 is 3.35. The van der Waals surface area contributed by atoms with Crippen LogP contribution in [0.15, 0.2) is 0 Å². The van der Waals surface area contributed by atoms with Crippen LogP contribution in [0.25, 0.3) is 0 Å². The first kappa shape index (κ1) is 6.06. The zero-order chi connectivity index (χ0) is 5.98. The van der Waals surface area contributed by atoms with Gasteiger partial charge in [-0.1, -0.05) is 11.6 Å². The summed E-state index contributed by atoms with van der Waals surface area (Å²) in [6.45, 7) is 2.23. The number of hydrogen-bond donors (Lipinski definition) is 0. The van der Waals surface area contributed by atoms with Crippen LogP contribution in [-0.4, -0.2) is 10.8 Å². The lowest BCUT2D eigenvalue weighted by molar-refractivity contribution is 0.640. The van der Waals surface area contributed by atoms with E-state index >= 15 is 0 Å². The van der Waals surface area contributed by atoms with E-state index in [-0.39, 0.29) is 0 Å². The topological polar surface area (TPSA) is 14.1 Å². The fourth-order valence-corrected chi connectivity index (χ4v) is 1.45. The standard InChI is InChI=1S/C6H9BrN/c1-5-2-3-8-6(7)4-5/h3,5H,2,4H2,1H3/q+1. The van der Waals surface area contributed by atoms with Gasteiger partial charge in [-0.3, -0.25) is 0 Å². The van der Waals surface area contributed by atoms with Crippen molar-refractivity contribution in [3.8, 4) is 0 Å². The molecule has 1 aliphatic rings. The lowest BCUT2D eigenvalue weighted by atomic mass is 10.0. The Morgan fingerprint density at radius 2 is 2.62 bits per heavy atom. The average molecular weight is 175 g/mol. The molecule has 0 spiro atoms. The highest BCUT2D eigenvalue weighted by atomic mass is 79.9. The van der Waals surface area contributed by atoms with Crippen LogP contribution >= 0.6 is 15.9 Å². The van der Waals surface area contributed by atoms with Crippen molar-refractivity contribution in [1.29, 1.82) is 0 Å². The van der Waals surface area contributed by atoms with Gasteiger partial charge in [0.2, 0.25) is 0 Å². The molecular formula is C6H9BrN+. The molecule has 2 heteroatoms. The fraction of sp³-hybridized carbons (Fsp3) is 0.667. The van der Waals surface area contributed by atoms with E-state index in [0.717, 1.165) is 23.4 Å². The van der Waals surface area contributed by atoms with Crippen molar-refractivity contribution in [2.45, 2.75) is 19.8 Å². The molecule has 0 N–H and O–H groups in total.